The van der Waals surface area contributed by atoms with Crippen LogP contribution in [0.5, 0.6) is 0 Å². The summed E-state index contributed by atoms with van der Waals surface area (Å²) < 4.78 is 0. The zero-order chi connectivity index (χ0) is 10.5. The zero-order valence-electron chi connectivity index (χ0n) is 8.82. The van der Waals surface area contributed by atoms with Gasteiger partial charge in [0.15, 0.2) is 0 Å². The van der Waals surface area contributed by atoms with Crippen LogP contribution in [0.3, 0.4) is 0 Å². The summed E-state index contributed by atoms with van der Waals surface area (Å²) in [4.78, 5) is 4.09. The first kappa shape index (κ1) is 10.9. The first-order chi connectivity index (χ1) is 7.34. The van der Waals surface area contributed by atoms with Crippen LogP contribution in [0.1, 0.15) is 24.8 Å². The standard InChI is InChI=1S/C12H17ClN2/c13-12-4-3-10(6-12)7-15-9-11-2-1-5-14-8-11/h1-2,5,8,10,12,15H,3-4,6-7,9H2. The molecule has 0 aromatic carbocycles. The molecule has 82 valence electrons. The molecule has 1 aliphatic carbocycles. The number of halogens is 1. The molecule has 2 unspecified atom stereocenters. The molecule has 3 heteroatoms. The Kier molecular flexibility index (Phi) is 3.98. The van der Waals surface area contributed by atoms with Crippen LogP contribution >= 0.6 is 11.6 Å². The van der Waals surface area contributed by atoms with Crippen LogP contribution < -0.4 is 5.32 Å². The van der Waals surface area contributed by atoms with Crippen LogP contribution in [0.25, 0.3) is 0 Å². The van der Waals surface area contributed by atoms with Crippen LogP contribution in [0.2, 0.25) is 0 Å². The van der Waals surface area contributed by atoms with Gasteiger partial charge in [-0.1, -0.05) is 6.07 Å². The first-order valence-corrected chi connectivity index (χ1v) is 6.02. The van der Waals surface area contributed by atoms with Crippen LogP contribution in [0, 0.1) is 5.92 Å². The quantitative estimate of drug-likeness (QED) is 0.796. The highest BCUT2D eigenvalue weighted by molar-refractivity contribution is 6.20. The van der Waals surface area contributed by atoms with E-state index in [4.69, 9.17) is 11.6 Å². The maximum atomic E-state index is 6.07. The van der Waals surface area contributed by atoms with Gasteiger partial charge in [0.1, 0.15) is 0 Å². The molecule has 0 spiro atoms. The van der Waals surface area contributed by atoms with E-state index in [1.807, 2.05) is 12.3 Å². The van der Waals surface area contributed by atoms with Crippen molar-refractivity contribution in [3.05, 3.63) is 30.1 Å². The summed E-state index contributed by atoms with van der Waals surface area (Å²) in [5.74, 6) is 0.768. The molecule has 1 fully saturated rings. The third-order valence-electron chi connectivity index (χ3n) is 2.96. The SMILES string of the molecule is ClC1CCC(CNCc2cccnc2)C1. The average Bonchev–Trinajstić information content (AvgIpc) is 2.66. The second kappa shape index (κ2) is 5.47. The number of hydrogen-bond donors (Lipinski definition) is 1. The van der Waals surface area contributed by atoms with Crippen molar-refractivity contribution in [1.82, 2.24) is 10.3 Å². The second-order valence-corrected chi connectivity index (χ2v) is 4.89. The number of rotatable bonds is 4. The van der Waals surface area contributed by atoms with Crippen molar-refractivity contribution in [2.75, 3.05) is 6.54 Å². The van der Waals surface area contributed by atoms with Crippen molar-refractivity contribution in [3.8, 4) is 0 Å². The van der Waals surface area contributed by atoms with Crippen LogP contribution in [0.15, 0.2) is 24.5 Å². The van der Waals surface area contributed by atoms with E-state index in [0.29, 0.717) is 5.38 Å². The van der Waals surface area contributed by atoms with E-state index < -0.39 is 0 Å². The molecule has 2 rings (SSSR count). The topological polar surface area (TPSA) is 24.9 Å². The Morgan fingerprint density at radius 1 is 1.47 bits per heavy atom. The molecule has 1 aliphatic rings. The molecule has 2 nitrogen and oxygen atoms in total. The molecule has 0 amide bonds. The summed E-state index contributed by atoms with van der Waals surface area (Å²) >= 11 is 6.07. The van der Waals surface area contributed by atoms with E-state index in [-0.39, 0.29) is 0 Å². The van der Waals surface area contributed by atoms with E-state index in [9.17, 15) is 0 Å². The fraction of sp³-hybridized carbons (Fsp3) is 0.583. The smallest absolute Gasteiger partial charge is 0.0339 e. The van der Waals surface area contributed by atoms with Gasteiger partial charge in [-0.05, 0) is 43.4 Å². The minimum absolute atomic E-state index is 0.412. The van der Waals surface area contributed by atoms with Gasteiger partial charge in [-0.3, -0.25) is 4.98 Å². The number of nitrogens with zero attached hydrogens (tertiary/aromatic N) is 1. The predicted molar refractivity (Wildman–Crippen MR) is 62.9 cm³/mol. The van der Waals surface area contributed by atoms with Gasteiger partial charge in [-0.2, -0.15) is 0 Å². The Bertz CT molecular complexity index is 289. The summed E-state index contributed by atoms with van der Waals surface area (Å²) in [5.41, 5.74) is 1.25. The van der Waals surface area contributed by atoms with Gasteiger partial charge in [-0.25, -0.2) is 0 Å². The Balaban J connectivity index is 1.67. The Morgan fingerprint density at radius 2 is 2.40 bits per heavy atom. The molecular weight excluding hydrogens is 208 g/mol. The molecular formula is C12H17ClN2. The molecule has 0 saturated heterocycles. The summed E-state index contributed by atoms with van der Waals surface area (Å²) in [6.45, 7) is 2.00. The van der Waals surface area contributed by atoms with Crippen molar-refractivity contribution in [2.45, 2.75) is 31.2 Å². The van der Waals surface area contributed by atoms with Crippen molar-refractivity contribution < 1.29 is 0 Å². The van der Waals surface area contributed by atoms with Gasteiger partial charge in [0, 0.05) is 24.3 Å². The van der Waals surface area contributed by atoms with Crippen LogP contribution in [0.4, 0.5) is 0 Å². The zero-order valence-corrected chi connectivity index (χ0v) is 9.58. The van der Waals surface area contributed by atoms with Crippen LogP contribution in [-0.4, -0.2) is 16.9 Å². The summed E-state index contributed by atoms with van der Waals surface area (Å²) in [6, 6.07) is 4.07. The van der Waals surface area contributed by atoms with Crippen molar-refractivity contribution >= 4 is 11.6 Å². The first-order valence-electron chi connectivity index (χ1n) is 5.58. The maximum absolute atomic E-state index is 6.07. The van der Waals surface area contributed by atoms with E-state index in [1.54, 1.807) is 6.20 Å². The minimum Gasteiger partial charge on any atom is -0.312 e. The van der Waals surface area contributed by atoms with Crippen molar-refractivity contribution in [3.63, 3.8) is 0 Å². The van der Waals surface area contributed by atoms with Gasteiger partial charge >= 0.3 is 0 Å². The van der Waals surface area contributed by atoms with Crippen molar-refractivity contribution in [2.24, 2.45) is 5.92 Å². The summed E-state index contributed by atoms with van der Waals surface area (Å²) in [6.07, 6.45) is 7.33. The molecule has 1 aromatic heterocycles. The van der Waals surface area contributed by atoms with Gasteiger partial charge in [0.05, 0.1) is 0 Å². The molecule has 1 heterocycles. The molecule has 1 aromatic rings. The lowest BCUT2D eigenvalue weighted by Crippen LogP contribution is -2.21. The lowest BCUT2D eigenvalue weighted by atomic mass is 10.1. The number of pyridine rings is 1. The van der Waals surface area contributed by atoms with Gasteiger partial charge in [0.25, 0.3) is 0 Å². The highest BCUT2D eigenvalue weighted by Gasteiger charge is 2.21. The largest absolute Gasteiger partial charge is 0.312 e. The molecule has 1 N–H and O–H groups in total. The Labute approximate surface area is 96.1 Å². The van der Waals surface area contributed by atoms with Crippen molar-refractivity contribution in [1.29, 1.82) is 0 Å². The number of aromatic nitrogens is 1. The third kappa shape index (κ3) is 3.47. The normalized spacial score (nSPS) is 25.7. The highest BCUT2D eigenvalue weighted by atomic mass is 35.5. The monoisotopic (exact) mass is 224 g/mol. The fourth-order valence-corrected chi connectivity index (χ4v) is 2.50. The van der Waals surface area contributed by atoms with E-state index in [0.717, 1.165) is 19.0 Å². The van der Waals surface area contributed by atoms with E-state index >= 15 is 0 Å². The summed E-state index contributed by atoms with van der Waals surface area (Å²) in [5, 5.41) is 3.88. The second-order valence-electron chi connectivity index (χ2n) is 4.27. The fourth-order valence-electron chi connectivity index (χ4n) is 2.12. The molecule has 0 aliphatic heterocycles. The molecule has 0 radical (unpaired) electrons. The van der Waals surface area contributed by atoms with Crippen LogP contribution in [-0.2, 0) is 6.54 Å². The maximum Gasteiger partial charge on any atom is 0.0339 e. The number of alkyl halides is 1. The van der Waals surface area contributed by atoms with E-state index in [2.05, 4.69) is 16.4 Å². The minimum atomic E-state index is 0.412. The average molecular weight is 225 g/mol. The lowest BCUT2D eigenvalue weighted by molar-refractivity contribution is 0.489. The summed E-state index contributed by atoms with van der Waals surface area (Å²) in [7, 11) is 0. The van der Waals surface area contributed by atoms with Gasteiger partial charge < -0.3 is 5.32 Å². The molecule has 1 saturated carbocycles. The highest BCUT2D eigenvalue weighted by Crippen LogP contribution is 2.28. The molecule has 2 atom stereocenters. The number of hydrogen-bond acceptors (Lipinski definition) is 2. The van der Waals surface area contributed by atoms with E-state index in [1.165, 1.54) is 24.8 Å². The number of nitrogens with one attached hydrogen (secondary N) is 1. The lowest BCUT2D eigenvalue weighted by Gasteiger charge is -2.10. The Hall–Kier alpha value is -0.600. The third-order valence-corrected chi connectivity index (χ3v) is 3.36. The van der Waals surface area contributed by atoms with Gasteiger partial charge in [-0.15, -0.1) is 11.6 Å². The molecule has 15 heavy (non-hydrogen) atoms. The molecule has 0 bridgehead atoms. The Morgan fingerprint density at radius 3 is 3.07 bits per heavy atom. The predicted octanol–water partition coefficient (Wildman–Crippen LogP) is 2.58. The van der Waals surface area contributed by atoms with Gasteiger partial charge in [0.2, 0.25) is 0 Å².